The summed E-state index contributed by atoms with van der Waals surface area (Å²) in [5.41, 5.74) is -0.481. The van der Waals surface area contributed by atoms with Gasteiger partial charge in [0.2, 0.25) is 11.5 Å². The molecule has 2 aromatic rings. The van der Waals surface area contributed by atoms with Gasteiger partial charge in [-0.3, -0.25) is 19.7 Å². The number of nitro benzene ring substituents is 1. The van der Waals surface area contributed by atoms with Gasteiger partial charge in [0.05, 0.1) is 27.8 Å². The molecule has 0 bridgehead atoms. The second kappa shape index (κ2) is 6.38. The third kappa shape index (κ3) is 2.80. The van der Waals surface area contributed by atoms with Gasteiger partial charge in [-0.25, -0.2) is 9.29 Å². The van der Waals surface area contributed by atoms with Gasteiger partial charge in [-0.05, 0) is 35.9 Å². The molecule has 0 N–H and O–H groups in total. The number of imide groups is 1. The zero-order valence-electron chi connectivity index (χ0n) is 14.1. The molecule has 1 fully saturated rings. The average molecular weight is 404 g/mol. The zero-order valence-corrected chi connectivity index (χ0v) is 14.9. The molecule has 2 aromatic carbocycles. The van der Waals surface area contributed by atoms with Gasteiger partial charge < -0.3 is 4.84 Å². The van der Waals surface area contributed by atoms with Crippen molar-refractivity contribution < 1.29 is 23.7 Å². The van der Waals surface area contributed by atoms with Crippen LogP contribution < -0.4 is 4.90 Å². The molecular weight excluding hydrogens is 393 g/mol. The van der Waals surface area contributed by atoms with Crippen molar-refractivity contribution in [3.63, 3.8) is 0 Å². The fourth-order valence-electron chi connectivity index (χ4n) is 3.22. The fourth-order valence-corrected chi connectivity index (χ4v) is 3.39. The number of oxime groups is 1. The number of anilines is 1. The van der Waals surface area contributed by atoms with E-state index in [-0.39, 0.29) is 29.2 Å². The molecule has 8 nitrogen and oxygen atoms in total. The minimum absolute atomic E-state index is 0.0286. The Morgan fingerprint density at radius 2 is 1.89 bits per heavy atom. The number of hydrogen-bond acceptors (Lipinski definition) is 6. The predicted octanol–water partition coefficient (Wildman–Crippen LogP) is 3.21. The predicted molar refractivity (Wildman–Crippen MR) is 96.6 cm³/mol. The van der Waals surface area contributed by atoms with Gasteiger partial charge in [-0.15, -0.1) is 0 Å². The zero-order chi connectivity index (χ0) is 20.1. The maximum Gasteiger partial charge on any atom is 0.281 e. The van der Waals surface area contributed by atoms with Gasteiger partial charge in [0.1, 0.15) is 5.82 Å². The van der Waals surface area contributed by atoms with Crippen LogP contribution in [0.1, 0.15) is 18.4 Å². The Balaban J connectivity index is 1.58. The normalized spacial score (nSPS) is 21.2. The second-order valence-corrected chi connectivity index (χ2v) is 6.82. The summed E-state index contributed by atoms with van der Waals surface area (Å²) >= 11 is 5.75. The minimum atomic E-state index is -1.49. The van der Waals surface area contributed by atoms with Crippen LogP contribution in [0.5, 0.6) is 0 Å². The van der Waals surface area contributed by atoms with E-state index < -0.39 is 28.2 Å². The topological polar surface area (TPSA) is 102 Å². The molecule has 2 aliphatic rings. The number of halogens is 2. The van der Waals surface area contributed by atoms with Crippen LogP contribution in [-0.4, -0.2) is 28.1 Å². The first-order valence-electron chi connectivity index (χ1n) is 8.13. The van der Waals surface area contributed by atoms with Crippen LogP contribution in [0.25, 0.3) is 0 Å². The quantitative estimate of drug-likeness (QED) is 0.445. The van der Waals surface area contributed by atoms with Crippen molar-refractivity contribution in [2.75, 3.05) is 4.90 Å². The van der Waals surface area contributed by atoms with E-state index in [0.29, 0.717) is 11.3 Å². The monoisotopic (exact) mass is 403 g/mol. The number of amides is 2. The number of benzene rings is 2. The van der Waals surface area contributed by atoms with E-state index in [1.54, 1.807) is 0 Å². The highest BCUT2D eigenvalue weighted by Gasteiger charge is 2.58. The summed E-state index contributed by atoms with van der Waals surface area (Å²) in [5.74, 6) is -1.81. The van der Waals surface area contributed by atoms with Gasteiger partial charge in [0.15, 0.2) is 0 Å². The highest BCUT2D eigenvalue weighted by molar-refractivity contribution is 6.32. The standard InChI is InChI=1S/C18H11ClFN3O5/c19-13-7-12(5-6-14(13)20)22-16(24)9-18(17(22)25)8-15(21-28-18)10-1-3-11(4-2-10)23(26)27/h1-7H,8-9H2/t18-/m0/s1. The molecule has 0 aromatic heterocycles. The van der Waals surface area contributed by atoms with Crippen molar-refractivity contribution in [2.45, 2.75) is 18.4 Å². The van der Waals surface area contributed by atoms with Crippen LogP contribution in [0.3, 0.4) is 0 Å². The summed E-state index contributed by atoms with van der Waals surface area (Å²) in [7, 11) is 0. The number of carbonyl (C=O) groups excluding carboxylic acids is 2. The van der Waals surface area contributed by atoms with Crippen molar-refractivity contribution in [1.29, 1.82) is 0 Å². The lowest BCUT2D eigenvalue weighted by Crippen LogP contribution is -2.40. The first-order valence-corrected chi connectivity index (χ1v) is 8.51. The number of hydrogen-bond donors (Lipinski definition) is 0. The maximum atomic E-state index is 13.4. The third-order valence-corrected chi connectivity index (χ3v) is 4.92. The van der Waals surface area contributed by atoms with Crippen LogP contribution >= 0.6 is 11.6 Å². The van der Waals surface area contributed by atoms with Crippen molar-refractivity contribution in [1.82, 2.24) is 0 Å². The highest BCUT2D eigenvalue weighted by Crippen LogP contribution is 2.40. The Kier molecular flexibility index (Phi) is 4.11. The van der Waals surface area contributed by atoms with Crippen LogP contribution in [0.15, 0.2) is 47.6 Å². The molecular formula is C18H11ClFN3O5. The average Bonchev–Trinajstić information content (AvgIpc) is 3.19. The Morgan fingerprint density at radius 3 is 2.54 bits per heavy atom. The summed E-state index contributed by atoms with van der Waals surface area (Å²) < 4.78 is 13.4. The van der Waals surface area contributed by atoms with Gasteiger partial charge >= 0.3 is 0 Å². The number of nitro groups is 1. The first-order chi connectivity index (χ1) is 13.3. The smallest absolute Gasteiger partial charge is 0.281 e. The molecule has 2 aliphatic heterocycles. The lowest BCUT2D eigenvalue weighted by molar-refractivity contribution is -0.384. The van der Waals surface area contributed by atoms with Crippen LogP contribution in [0.2, 0.25) is 5.02 Å². The first kappa shape index (κ1) is 18.1. The Morgan fingerprint density at radius 1 is 1.18 bits per heavy atom. The SMILES string of the molecule is O=C1C[C@@]2(CC(c3ccc([N+](=O)[O-])cc3)=NO2)C(=O)N1c1ccc(F)c(Cl)c1. The van der Waals surface area contributed by atoms with Gasteiger partial charge in [-0.2, -0.15) is 0 Å². The van der Waals surface area contributed by atoms with Gasteiger partial charge in [0, 0.05) is 18.6 Å². The molecule has 1 saturated heterocycles. The molecule has 2 amide bonds. The van der Waals surface area contributed by atoms with Crippen molar-refractivity contribution >= 4 is 40.5 Å². The molecule has 0 saturated carbocycles. The van der Waals surface area contributed by atoms with E-state index in [9.17, 15) is 24.1 Å². The van der Waals surface area contributed by atoms with Crippen molar-refractivity contribution in [3.8, 4) is 0 Å². The van der Waals surface area contributed by atoms with E-state index in [1.165, 1.54) is 36.4 Å². The van der Waals surface area contributed by atoms with E-state index in [2.05, 4.69) is 5.16 Å². The van der Waals surface area contributed by atoms with Crippen LogP contribution in [0.4, 0.5) is 15.8 Å². The third-order valence-electron chi connectivity index (χ3n) is 4.64. The van der Waals surface area contributed by atoms with Crippen LogP contribution in [-0.2, 0) is 14.4 Å². The van der Waals surface area contributed by atoms with Gasteiger partial charge in [0.25, 0.3) is 11.6 Å². The van der Waals surface area contributed by atoms with E-state index in [4.69, 9.17) is 16.4 Å². The highest BCUT2D eigenvalue weighted by atomic mass is 35.5. The molecule has 28 heavy (non-hydrogen) atoms. The number of carbonyl (C=O) groups is 2. The van der Waals surface area contributed by atoms with E-state index in [1.807, 2.05) is 0 Å². The lowest BCUT2D eigenvalue weighted by Gasteiger charge is -2.19. The maximum absolute atomic E-state index is 13.4. The number of non-ortho nitro benzene ring substituents is 1. The summed E-state index contributed by atoms with van der Waals surface area (Å²) in [6, 6.07) is 9.17. The largest absolute Gasteiger partial charge is 0.378 e. The fraction of sp³-hybridized carbons (Fsp3) is 0.167. The number of rotatable bonds is 3. The summed E-state index contributed by atoms with van der Waals surface area (Å²) in [6.07, 6.45) is -0.207. The van der Waals surface area contributed by atoms with Crippen molar-refractivity contribution in [2.24, 2.45) is 5.16 Å². The van der Waals surface area contributed by atoms with Gasteiger partial charge in [-0.1, -0.05) is 16.8 Å². The molecule has 0 unspecified atom stereocenters. The Bertz CT molecular complexity index is 1060. The molecule has 0 radical (unpaired) electrons. The molecule has 1 spiro atoms. The van der Waals surface area contributed by atoms with Crippen molar-refractivity contribution in [3.05, 3.63) is 69.0 Å². The molecule has 1 atom stereocenters. The summed E-state index contributed by atoms with van der Waals surface area (Å²) in [6.45, 7) is 0. The molecule has 2 heterocycles. The molecule has 10 heteroatoms. The van der Waals surface area contributed by atoms with E-state index >= 15 is 0 Å². The Hall–Kier alpha value is -3.33. The Labute approximate surface area is 162 Å². The van der Waals surface area contributed by atoms with Crippen LogP contribution in [0, 0.1) is 15.9 Å². The molecule has 4 rings (SSSR count). The molecule has 142 valence electrons. The number of nitrogens with zero attached hydrogens (tertiary/aromatic N) is 3. The lowest BCUT2D eigenvalue weighted by atomic mass is 9.92. The minimum Gasteiger partial charge on any atom is -0.378 e. The second-order valence-electron chi connectivity index (χ2n) is 6.41. The summed E-state index contributed by atoms with van der Waals surface area (Å²) in [5, 5.41) is 14.5. The summed E-state index contributed by atoms with van der Waals surface area (Å²) in [4.78, 5) is 41.9. The molecule has 0 aliphatic carbocycles. The van der Waals surface area contributed by atoms with E-state index in [0.717, 1.165) is 11.0 Å².